The van der Waals surface area contributed by atoms with Gasteiger partial charge in [-0.3, -0.25) is 4.68 Å². The summed E-state index contributed by atoms with van der Waals surface area (Å²) < 4.78 is 9.06. The quantitative estimate of drug-likeness (QED) is 0.207. The molecule has 224 valence electrons. The number of likely N-dealkylation sites (tertiary alicyclic amines) is 1. The minimum Gasteiger partial charge on any atom is -0.479 e. The van der Waals surface area contributed by atoms with Gasteiger partial charge in [-0.05, 0) is 96.1 Å². The Labute approximate surface area is 261 Å². The summed E-state index contributed by atoms with van der Waals surface area (Å²) in [7, 11) is 4.19. The standard InChI is InChI=1S/C34H37ClN4O3S/c1-19-17-25-31(28(20-7-10-23(35)11-8-20)27(19)30(33(40)41)42-34(2,3)4)43-32(36-25)22-9-12-24-26(18-22)39(6)37-29(24)21-13-15-38(5)16-14-21/h7-12,17-18,21,30H,13-16H2,1-6H3,(H,40,41)/t30-/m0/s1. The minimum atomic E-state index is -1.15. The first-order chi connectivity index (χ1) is 20.4. The molecular weight excluding hydrogens is 580 g/mol. The van der Waals surface area contributed by atoms with Crippen molar-refractivity contribution in [1.82, 2.24) is 19.7 Å². The Balaban J connectivity index is 1.51. The van der Waals surface area contributed by atoms with E-state index in [2.05, 4.69) is 30.1 Å². The molecule has 0 amide bonds. The van der Waals surface area contributed by atoms with Gasteiger partial charge in [0.15, 0.2) is 6.10 Å². The maximum absolute atomic E-state index is 12.7. The van der Waals surface area contributed by atoms with Gasteiger partial charge in [-0.2, -0.15) is 5.10 Å². The zero-order valence-electron chi connectivity index (χ0n) is 25.4. The van der Waals surface area contributed by atoms with Gasteiger partial charge < -0.3 is 14.7 Å². The van der Waals surface area contributed by atoms with Crippen molar-refractivity contribution < 1.29 is 14.6 Å². The SMILES string of the molecule is Cc1cc2nc(-c3ccc4c(C5CCN(C)CC5)nn(C)c4c3)sc2c(-c2ccc(Cl)cc2)c1[C@H](OC(C)(C)C)C(=O)O. The minimum absolute atomic E-state index is 0.467. The number of hydrogen-bond donors (Lipinski definition) is 1. The van der Waals surface area contributed by atoms with Crippen LogP contribution < -0.4 is 0 Å². The molecule has 0 aliphatic carbocycles. The number of fused-ring (bicyclic) bond motifs is 2. The lowest BCUT2D eigenvalue weighted by Gasteiger charge is -2.28. The molecule has 1 fully saturated rings. The van der Waals surface area contributed by atoms with E-state index in [-0.39, 0.29) is 0 Å². The third-order valence-electron chi connectivity index (χ3n) is 8.25. The molecule has 3 aromatic carbocycles. The topological polar surface area (TPSA) is 80.5 Å². The molecule has 3 heterocycles. The van der Waals surface area contributed by atoms with Crippen molar-refractivity contribution in [3.05, 3.63) is 70.4 Å². The zero-order chi connectivity index (χ0) is 30.6. The molecule has 9 heteroatoms. The second-order valence-corrected chi connectivity index (χ2v) is 14.1. The predicted octanol–water partition coefficient (Wildman–Crippen LogP) is 8.23. The molecule has 7 nitrogen and oxygen atoms in total. The lowest BCUT2D eigenvalue weighted by Crippen LogP contribution is -2.29. The van der Waals surface area contributed by atoms with Crippen molar-refractivity contribution in [3.8, 4) is 21.7 Å². The molecule has 0 saturated carbocycles. The third kappa shape index (κ3) is 5.81. The van der Waals surface area contributed by atoms with E-state index in [1.165, 1.54) is 11.1 Å². The van der Waals surface area contributed by atoms with Crippen LogP contribution >= 0.6 is 22.9 Å². The Kier molecular flexibility index (Phi) is 7.84. The van der Waals surface area contributed by atoms with Gasteiger partial charge in [0.25, 0.3) is 0 Å². The van der Waals surface area contributed by atoms with Crippen LogP contribution in [-0.4, -0.2) is 56.5 Å². The van der Waals surface area contributed by atoms with E-state index in [0.29, 0.717) is 16.5 Å². The van der Waals surface area contributed by atoms with Crippen molar-refractivity contribution >= 4 is 50.0 Å². The highest BCUT2D eigenvalue weighted by molar-refractivity contribution is 7.22. The number of halogens is 1. The van der Waals surface area contributed by atoms with E-state index in [4.69, 9.17) is 26.4 Å². The lowest BCUT2D eigenvalue weighted by atomic mass is 9.91. The van der Waals surface area contributed by atoms with Gasteiger partial charge in [-0.15, -0.1) is 11.3 Å². The molecule has 0 spiro atoms. The maximum atomic E-state index is 12.7. The van der Waals surface area contributed by atoms with E-state index in [0.717, 1.165) is 68.9 Å². The summed E-state index contributed by atoms with van der Waals surface area (Å²) in [6.07, 6.45) is 1.09. The molecule has 1 N–H and O–H groups in total. The molecule has 5 aromatic rings. The summed E-state index contributed by atoms with van der Waals surface area (Å²) in [6.45, 7) is 9.73. The molecule has 6 rings (SSSR count). The molecule has 2 aromatic heterocycles. The fourth-order valence-corrected chi connectivity index (χ4v) is 7.41. The molecule has 0 bridgehead atoms. The van der Waals surface area contributed by atoms with Gasteiger partial charge in [0, 0.05) is 40.1 Å². The highest BCUT2D eigenvalue weighted by Crippen LogP contribution is 2.45. The number of piperidine rings is 1. The molecule has 1 atom stereocenters. The summed E-state index contributed by atoms with van der Waals surface area (Å²) in [5.74, 6) is -0.562. The van der Waals surface area contributed by atoms with E-state index in [1.54, 1.807) is 11.3 Å². The Bertz CT molecular complexity index is 1830. The summed E-state index contributed by atoms with van der Waals surface area (Å²) >= 11 is 7.82. The van der Waals surface area contributed by atoms with Crippen molar-refractivity contribution in [3.63, 3.8) is 0 Å². The van der Waals surface area contributed by atoms with Crippen molar-refractivity contribution in [2.75, 3.05) is 20.1 Å². The number of ether oxygens (including phenoxy) is 1. The van der Waals surface area contributed by atoms with Gasteiger partial charge in [0.05, 0.1) is 27.0 Å². The van der Waals surface area contributed by atoms with E-state index >= 15 is 0 Å². The van der Waals surface area contributed by atoms with E-state index in [9.17, 15) is 9.90 Å². The molecular formula is C34H37ClN4O3S. The first kappa shape index (κ1) is 29.8. The largest absolute Gasteiger partial charge is 0.479 e. The first-order valence-corrected chi connectivity index (χ1v) is 15.8. The average molecular weight is 617 g/mol. The number of aromatic nitrogens is 3. The second kappa shape index (κ2) is 11.3. The maximum Gasteiger partial charge on any atom is 0.337 e. The number of nitrogens with zero attached hydrogens (tertiary/aromatic N) is 4. The van der Waals surface area contributed by atoms with Crippen LogP contribution in [-0.2, 0) is 16.6 Å². The highest BCUT2D eigenvalue weighted by atomic mass is 35.5. The van der Waals surface area contributed by atoms with Crippen LogP contribution in [0.15, 0.2) is 48.5 Å². The molecule has 0 radical (unpaired) electrons. The van der Waals surface area contributed by atoms with Crippen molar-refractivity contribution in [2.45, 2.75) is 58.2 Å². The zero-order valence-corrected chi connectivity index (χ0v) is 27.0. The fraction of sp³-hybridized carbons (Fsp3) is 0.382. The Morgan fingerprint density at radius 2 is 1.74 bits per heavy atom. The van der Waals surface area contributed by atoms with E-state index < -0.39 is 17.7 Å². The summed E-state index contributed by atoms with van der Waals surface area (Å²) in [5, 5.41) is 18.0. The normalized spacial score (nSPS) is 15.9. The van der Waals surface area contributed by atoms with Gasteiger partial charge in [0.2, 0.25) is 0 Å². The summed E-state index contributed by atoms with van der Waals surface area (Å²) in [5.41, 5.74) is 6.58. The van der Waals surface area contributed by atoms with Crippen LogP contribution in [0.4, 0.5) is 0 Å². The highest BCUT2D eigenvalue weighted by Gasteiger charge is 2.32. The van der Waals surface area contributed by atoms with Crippen LogP contribution in [0, 0.1) is 6.92 Å². The smallest absolute Gasteiger partial charge is 0.337 e. The van der Waals surface area contributed by atoms with Crippen LogP contribution in [0.1, 0.15) is 62.5 Å². The lowest BCUT2D eigenvalue weighted by molar-refractivity contribution is -0.160. The molecule has 1 aliphatic rings. The number of hydrogen-bond acceptors (Lipinski definition) is 6. The van der Waals surface area contributed by atoms with Crippen LogP contribution in [0.2, 0.25) is 5.02 Å². The molecule has 1 saturated heterocycles. The first-order valence-electron chi connectivity index (χ1n) is 14.7. The third-order valence-corrected chi connectivity index (χ3v) is 9.64. The van der Waals surface area contributed by atoms with Crippen molar-refractivity contribution in [1.29, 1.82) is 0 Å². The number of rotatable bonds is 6. The Hall–Kier alpha value is -3.30. The molecule has 43 heavy (non-hydrogen) atoms. The number of carboxylic acid groups (broad SMARTS) is 1. The van der Waals surface area contributed by atoms with Gasteiger partial charge in [0.1, 0.15) is 5.01 Å². The predicted molar refractivity (Wildman–Crippen MR) is 175 cm³/mol. The van der Waals surface area contributed by atoms with Gasteiger partial charge in [-0.1, -0.05) is 35.9 Å². The summed E-state index contributed by atoms with van der Waals surface area (Å²) in [6, 6.07) is 16.0. The van der Waals surface area contributed by atoms with Crippen LogP contribution in [0.3, 0.4) is 0 Å². The fourth-order valence-electron chi connectivity index (χ4n) is 6.16. The van der Waals surface area contributed by atoms with Crippen molar-refractivity contribution in [2.24, 2.45) is 7.05 Å². The number of aliphatic carboxylic acids is 1. The van der Waals surface area contributed by atoms with Gasteiger partial charge >= 0.3 is 5.97 Å². The number of benzene rings is 3. The summed E-state index contributed by atoms with van der Waals surface area (Å²) in [4.78, 5) is 20.1. The van der Waals surface area contributed by atoms with Crippen LogP contribution in [0.25, 0.3) is 42.8 Å². The number of carboxylic acids is 1. The number of carbonyl (C=O) groups is 1. The Morgan fingerprint density at radius 1 is 1.07 bits per heavy atom. The van der Waals surface area contributed by atoms with E-state index in [1.807, 2.05) is 69.8 Å². The monoisotopic (exact) mass is 616 g/mol. The average Bonchev–Trinajstić information content (AvgIpc) is 3.52. The number of thiazole rings is 1. The van der Waals surface area contributed by atoms with Crippen LogP contribution in [0.5, 0.6) is 0 Å². The molecule has 1 aliphatic heterocycles. The second-order valence-electron chi connectivity index (χ2n) is 12.6. The number of aryl methyl sites for hydroxylation is 2. The van der Waals surface area contributed by atoms with Gasteiger partial charge in [-0.25, -0.2) is 9.78 Å². The molecule has 0 unspecified atom stereocenters. The Morgan fingerprint density at radius 3 is 2.40 bits per heavy atom.